The lowest BCUT2D eigenvalue weighted by Crippen LogP contribution is -2.71. The van der Waals surface area contributed by atoms with Crippen molar-refractivity contribution in [2.75, 3.05) is 25.1 Å². The number of carboxylic acid groups (broad SMARTS) is 1. The zero-order valence-corrected chi connectivity index (χ0v) is 19.9. The molecular weight excluding hydrogens is 532 g/mol. The number of nitrogens with two attached hydrogens (primary N) is 2. The van der Waals surface area contributed by atoms with E-state index in [2.05, 4.69) is 31.4 Å². The smallest absolute Gasteiger partial charge is 0.353 e. The first-order valence-electron chi connectivity index (χ1n) is 8.57. The summed E-state index contributed by atoms with van der Waals surface area (Å²) in [4.78, 5) is 47.9. The molecule has 2 atom stereocenters. The molecule has 0 radical (unpaired) electrons. The number of carbonyl (C=O) groups is 3. The van der Waals surface area contributed by atoms with Crippen LogP contribution in [0.4, 0.5) is 5.13 Å². The number of fused-ring (bicyclic) bond motifs is 1. The second-order valence-corrected chi connectivity index (χ2v) is 10.4. The third kappa shape index (κ3) is 4.74. The van der Waals surface area contributed by atoms with E-state index in [1.165, 1.54) is 35.5 Å². The van der Waals surface area contributed by atoms with Crippen LogP contribution in [0.15, 0.2) is 31.0 Å². The topological polar surface area (TPSA) is 173 Å². The predicted molar refractivity (Wildman–Crippen MR) is 123 cm³/mol. The zero-order valence-electron chi connectivity index (χ0n) is 15.9. The minimum Gasteiger partial charge on any atom is -0.477 e. The Morgan fingerprint density at radius 1 is 1.55 bits per heavy atom. The number of aliphatic carboxylic acids is 1. The molecule has 1 saturated heterocycles. The maximum atomic E-state index is 12.8. The summed E-state index contributed by atoms with van der Waals surface area (Å²) in [6.07, 6.45) is 1.69. The summed E-state index contributed by atoms with van der Waals surface area (Å²) in [6.45, 7) is 0.321. The van der Waals surface area contributed by atoms with Crippen LogP contribution in [0.2, 0.25) is 0 Å². The zero-order chi connectivity index (χ0) is 22.7. The number of aromatic nitrogens is 1. The van der Waals surface area contributed by atoms with Crippen LogP contribution in [-0.4, -0.2) is 69.3 Å². The summed E-state index contributed by atoms with van der Waals surface area (Å²) in [5.41, 5.74) is 11.0. The molecule has 11 nitrogen and oxygen atoms in total. The van der Waals surface area contributed by atoms with E-state index in [0.29, 0.717) is 21.0 Å². The first kappa shape index (κ1) is 23.6. The van der Waals surface area contributed by atoms with E-state index in [4.69, 9.17) is 16.3 Å². The van der Waals surface area contributed by atoms with Crippen molar-refractivity contribution < 1.29 is 24.3 Å². The number of thioether (sulfide) groups is 2. The van der Waals surface area contributed by atoms with Crippen molar-refractivity contribution in [1.29, 1.82) is 0 Å². The Morgan fingerprint density at radius 2 is 2.29 bits per heavy atom. The molecule has 1 unspecified atom stereocenters. The van der Waals surface area contributed by atoms with Crippen LogP contribution >= 0.6 is 50.8 Å². The number of amides is 2. The summed E-state index contributed by atoms with van der Waals surface area (Å²) in [5.74, 6) is -2.07. The lowest BCUT2D eigenvalue weighted by Gasteiger charge is -2.49. The van der Waals surface area contributed by atoms with Crippen LogP contribution in [0.5, 0.6) is 0 Å². The summed E-state index contributed by atoms with van der Waals surface area (Å²) < 4.78 is 0.479. The molecule has 15 heteroatoms. The number of thiazole rings is 1. The molecular formula is C16H17BrN6O5S3. The van der Waals surface area contributed by atoms with Crippen molar-refractivity contribution in [3.63, 3.8) is 0 Å². The molecule has 1 aromatic rings. The van der Waals surface area contributed by atoms with E-state index < -0.39 is 29.2 Å². The lowest BCUT2D eigenvalue weighted by molar-refractivity contribution is -0.150. The average Bonchev–Trinajstić information content (AvgIpc) is 3.06. The van der Waals surface area contributed by atoms with E-state index in [0.717, 1.165) is 11.3 Å². The number of nitrogens with zero attached hydrogens (tertiary/aromatic N) is 3. The minimum atomic E-state index is -1.21. The molecule has 0 saturated carbocycles. The Kier molecular flexibility index (Phi) is 7.64. The summed E-state index contributed by atoms with van der Waals surface area (Å²) in [7, 11) is 1.27. The van der Waals surface area contributed by atoms with Crippen LogP contribution in [0.3, 0.4) is 0 Å². The molecule has 0 aromatic carbocycles. The van der Waals surface area contributed by atoms with Gasteiger partial charge < -0.3 is 26.7 Å². The van der Waals surface area contributed by atoms with Crippen LogP contribution in [0.1, 0.15) is 5.69 Å². The molecule has 2 aliphatic heterocycles. The molecule has 2 aliphatic rings. The van der Waals surface area contributed by atoms with Crippen molar-refractivity contribution in [3.8, 4) is 0 Å². The number of rotatable bonds is 8. The largest absolute Gasteiger partial charge is 0.477 e. The number of hydrogen-bond donors (Lipinski definition) is 4. The fraction of sp³-hybridized carbons (Fsp3) is 0.312. The second kappa shape index (κ2) is 10.0. The van der Waals surface area contributed by atoms with Gasteiger partial charge in [-0.2, -0.15) is 0 Å². The van der Waals surface area contributed by atoms with Crippen LogP contribution in [0.25, 0.3) is 0 Å². The normalized spacial score (nSPS) is 21.2. The monoisotopic (exact) mass is 548 g/mol. The molecule has 3 heterocycles. The fourth-order valence-corrected chi connectivity index (χ4v) is 6.50. The van der Waals surface area contributed by atoms with Crippen molar-refractivity contribution in [1.82, 2.24) is 15.2 Å². The van der Waals surface area contributed by atoms with Gasteiger partial charge in [-0.1, -0.05) is 34.3 Å². The highest BCUT2D eigenvalue weighted by molar-refractivity contribution is 9.11. The van der Waals surface area contributed by atoms with Crippen molar-refractivity contribution >= 4 is 79.4 Å². The van der Waals surface area contributed by atoms with Gasteiger partial charge in [0.05, 0.1) is 0 Å². The highest BCUT2D eigenvalue weighted by atomic mass is 79.9. The quantitative estimate of drug-likeness (QED) is 0.206. The molecule has 1 aromatic heterocycles. The van der Waals surface area contributed by atoms with Crippen molar-refractivity contribution in [3.05, 3.63) is 31.6 Å². The molecule has 1 fully saturated rings. The molecule has 166 valence electrons. The third-order valence-corrected chi connectivity index (χ3v) is 8.04. The highest BCUT2D eigenvalue weighted by Crippen LogP contribution is 2.43. The molecule has 2 amide bonds. The lowest BCUT2D eigenvalue weighted by atomic mass is 10.0. The molecule has 6 N–H and O–H groups in total. The van der Waals surface area contributed by atoms with Crippen LogP contribution in [0, 0.1) is 0 Å². The van der Waals surface area contributed by atoms with Crippen molar-refractivity contribution in [2.24, 2.45) is 10.9 Å². The molecule has 0 bridgehead atoms. The molecule has 0 aliphatic carbocycles. The number of nitrogens with one attached hydrogen (secondary N) is 1. The Labute approximate surface area is 197 Å². The van der Waals surface area contributed by atoms with E-state index in [-0.39, 0.29) is 22.2 Å². The number of carboxylic acids is 1. The summed E-state index contributed by atoms with van der Waals surface area (Å²) in [6, 6.07) is -0.921. The van der Waals surface area contributed by atoms with Gasteiger partial charge in [0.15, 0.2) is 10.8 Å². The maximum absolute atomic E-state index is 12.8. The number of β-lactam (4-membered cyclic amide) rings is 1. The number of hydrogen-bond acceptors (Lipinski definition) is 11. The SMILES string of the molecule is CO/N=C(\C(=O)NC1C(=O)N2C(C(=O)O)=C(S/C=C\CN)CS[C@H]12)c1nc(N)sc1Br. The van der Waals surface area contributed by atoms with Gasteiger partial charge in [-0.25, -0.2) is 9.78 Å². The summed E-state index contributed by atoms with van der Waals surface area (Å²) in [5, 5.41) is 17.3. The van der Waals surface area contributed by atoms with Crippen LogP contribution < -0.4 is 16.8 Å². The highest BCUT2D eigenvalue weighted by Gasteiger charge is 2.54. The van der Waals surface area contributed by atoms with Gasteiger partial charge in [-0.15, -0.1) is 11.8 Å². The van der Waals surface area contributed by atoms with E-state index in [9.17, 15) is 19.5 Å². The van der Waals surface area contributed by atoms with E-state index in [1.54, 1.807) is 11.5 Å². The third-order valence-electron chi connectivity index (χ3n) is 4.09. The van der Waals surface area contributed by atoms with Gasteiger partial charge in [-0.05, 0) is 21.3 Å². The molecule has 0 spiro atoms. The van der Waals surface area contributed by atoms with Gasteiger partial charge >= 0.3 is 5.97 Å². The second-order valence-electron chi connectivity index (χ2n) is 5.96. The number of nitrogen functional groups attached to an aromatic ring is 1. The maximum Gasteiger partial charge on any atom is 0.353 e. The number of halogens is 1. The van der Waals surface area contributed by atoms with Gasteiger partial charge in [-0.3, -0.25) is 14.5 Å². The number of carbonyl (C=O) groups excluding carboxylic acids is 2. The van der Waals surface area contributed by atoms with Gasteiger partial charge in [0.1, 0.15) is 33.7 Å². The van der Waals surface area contributed by atoms with Gasteiger partial charge in [0.2, 0.25) is 0 Å². The standard InChI is InChI=1S/C16H17BrN6O5S3/c1-28-22-8(7-11(17)31-16(19)21-7)12(24)20-9-13(25)23-10(15(26)27)6(5-30-14(9)23)29-4-2-3-18/h2,4,9,14H,3,5,18H2,1H3,(H2,19,21)(H,20,24)(H,26,27)/b4-2-,22-8-/t9?,14-/m1/s1. The Morgan fingerprint density at radius 3 is 2.87 bits per heavy atom. The van der Waals surface area contributed by atoms with Crippen LogP contribution in [-0.2, 0) is 19.2 Å². The Bertz CT molecular complexity index is 1010. The Hall–Kier alpha value is -2.07. The van der Waals surface area contributed by atoms with E-state index in [1.807, 2.05) is 0 Å². The Balaban J connectivity index is 1.79. The molecule has 3 rings (SSSR count). The van der Waals surface area contributed by atoms with E-state index >= 15 is 0 Å². The first-order chi connectivity index (χ1) is 14.8. The molecule has 31 heavy (non-hydrogen) atoms. The van der Waals surface area contributed by atoms with Crippen molar-refractivity contribution in [2.45, 2.75) is 11.4 Å². The van der Waals surface area contributed by atoms with Gasteiger partial charge in [0.25, 0.3) is 11.8 Å². The number of oxime groups is 1. The fourth-order valence-electron chi connectivity index (χ4n) is 2.82. The first-order valence-corrected chi connectivity index (χ1v) is 12.1. The predicted octanol–water partition coefficient (Wildman–Crippen LogP) is 0.740. The van der Waals surface area contributed by atoms with Gasteiger partial charge in [0, 0.05) is 17.2 Å². The average molecular weight is 549 g/mol. The number of anilines is 1. The minimum absolute atomic E-state index is 0.0910. The summed E-state index contributed by atoms with van der Waals surface area (Å²) >= 11 is 6.94.